The number of benzene rings is 1. The summed E-state index contributed by atoms with van der Waals surface area (Å²) in [6.07, 6.45) is 1.48. The lowest BCUT2D eigenvalue weighted by atomic mass is 10.2. The third-order valence-electron chi connectivity index (χ3n) is 2.20. The zero-order valence-electron chi connectivity index (χ0n) is 8.90. The molecule has 0 radical (unpaired) electrons. The second-order valence-electron chi connectivity index (χ2n) is 3.56. The van der Waals surface area contributed by atoms with Crippen LogP contribution in [-0.2, 0) is 9.84 Å². The summed E-state index contributed by atoms with van der Waals surface area (Å²) in [6, 6.07) is 6.96. The van der Waals surface area contributed by atoms with Crippen molar-refractivity contribution in [3.8, 4) is 0 Å². The van der Waals surface area contributed by atoms with Gasteiger partial charge in [0.05, 0.1) is 4.90 Å². The molecule has 2 nitrogen and oxygen atoms in total. The van der Waals surface area contributed by atoms with Crippen molar-refractivity contribution in [2.75, 3.05) is 0 Å². The molecular weight excluding hydrogens is 276 g/mol. The maximum absolute atomic E-state index is 12.0. The zero-order chi connectivity index (χ0) is 11.5. The molecule has 0 N–H and O–H groups in total. The Morgan fingerprint density at radius 2 is 1.80 bits per heavy atom. The van der Waals surface area contributed by atoms with Crippen LogP contribution in [-0.4, -0.2) is 12.6 Å². The van der Waals surface area contributed by atoms with Crippen molar-refractivity contribution in [1.29, 1.82) is 0 Å². The molecule has 0 aliphatic carbocycles. The summed E-state index contributed by atoms with van der Waals surface area (Å²) in [5.41, 5.74) is 1.07. The smallest absolute Gasteiger partial charge is 0.191 e. The van der Waals surface area contributed by atoms with Crippen molar-refractivity contribution in [3.05, 3.63) is 29.8 Å². The van der Waals surface area contributed by atoms with Crippen LogP contribution in [0, 0.1) is 6.92 Å². The van der Waals surface area contributed by atoms with E-state index in [2.05, 4.69) is 15.9 Å². The minimum absolute atomic E-state index is 0.392. The molecule has 0 spiro atoms. The molecule has 0 bridgehead atoms. The normalized spacial score (nSPS) is 13.8. The number of sulfone groups is 1. The molecule has 0 aliphatic heterocycles. The van der Waals surface area contributed by atoms with E-state index in [1.165, 1.54) is 0 Å². The summed E-state index contributed by atoms with van der Waals surface area (Å²) in [5.74, 6) is 0. The van der Waals surface area contributed by atoms with E-state index in [-0.39, 0.29) is 0 Å². The monoisotopic (exact) mass is 290 g/mol. The second-order valence-corrected chi connectivity index (χ2v) is 7.40. The van der Waals surface area contributed by atoms with Crippen LogP contribution in [0.1, 0.15) is 25.3 Å². The fourth-order valence-corrected chi connectivity index (χ4v) is 3.72. The Kier molecular flexibility index (Phi) is 4.34. The van der Waals surface area contributed by atoms with E-state index in [1.807, 2.05) is 26.0 Å². The molecule has 0 saturated heterocycles. The van der Waals surface area contributed by atoms with Gasteiger partial charge in [-0.3, -0.25) is 0 Å². The average molecular weight is 291 g/mol. The summed E-state index contributed by atoms with van der Waals surface area (Å²) in [7, 11) is -3.20. The predicted molar refractivity (Wildman–Crippen MR) is 66.0 cm³/mol. The van der Waals surface area contributed by atoms with Crippen LogP contribution in [0.3, 0.4) is 0 Å². The Hall–Kier alpha value is -0.350. The van der Waals surface area contributed by atoms with E-state index in [0.717, 1.165) is 12.0 Å². The molecule has 1 unspecified atom stereocenters. The SMILES string of the molecule is CCCC(Br)S(=O)(=O)c1ccc(C)cc1. The zero-order valence-corrected chi connectivity index (χ0v) is 11.3. The Morgan fingerprint density at radius 1 is 1.27 bits per heavy atom. The highest BCUT2D eigenvalue weighted by Crippen LogP contribution is 2.23. The second kappa shape index (κ2) is 5.12. The largest absolute Gasteiger partial charge is 0.223 e. The molecule has 1 aromatic rings. The Labute approximate surface area is 99.7 Å². The van der Waals surface area contributed by atoms with Gasteiger partial charge >= 0.3 is 0 Å². The van der Waals surface area contributed by atoms with Gasteiger partial charge in [-0.15, -0.1) is 0 Å². The van der Waals surface area contributed by atoms with Crippen LogP contribution in [0.15, 0.2) is 29.2 Å². The third kappa shape index (κ3) is 3.05. The number of aryl methyl sites for hydroxylation is 1. The quantitative estimate of drug-likeness (QED) is 0.798. The van der Waals surface area contributed by atoms with Gasteiger partial charge in [-0.25, -0.2) is 8.42 Å². The van der Waals surface area contributed by atoms with Crippen LogP contribution < -0.4 is 0 Å². The lowest BCUT2D eigenvalue weighted by molar-refractivity contribution is 0.590. The van der Waals surface area contributed by atoms with Gasteiger partial charge in [-0.1, -0.05) is 47.0 Å². The van der Waals surface area contributed by atoms with E-state index in [4.69, 9.17) is 0 Å². The first-order valence-corrected chi connectivity index (χ1v) is 7.39. The van der Waals surface area contributed by atoms with E-state index in [9.17, 15) is 8.42 Å². The summed E-state index contributed by atoms with van der Waals surface area (Å²) < 4.78 is 23.5. The predicted octanol–water partition coefficient (Wildman–Crippen LogP) is 3.29. The first kappa shape index (κ1) is 12.7. The molecule has 0 amide bonds. The van der Waals surface area contributed by atoms with E-state index < -0.39 is 14.0 Å². The molecule has 0 saturated carbocycles. The van der Waals surface area contributed by atoms with Crippen molar-refractivity contribution in [2.45, 2.75) is 35.7 Å². The van der Waals surface area contributed by atoms with E-state index in [0.29, 0.717) is 11.3 Å². The summed E-state index contributed by atoms with van der Waals surface area (Å²) in [6.45, 7) is 3.91. The molecule has 15 heavy (non-hydrogen) atoms. The minimum atomic E-state index is -3.20. The maximum Gasteiger partial charge on any atom is 0.191 e. The summed E-state index contributed by atoms with van der Waals surface area (Å²) in [5, 5.41) is 0. The molecule has 1 rings (SSSR count). The molecule has 1 aromatic carbocycles. The molecule has 1 atom stereocenters. The maximum atomic E-state index is 12.0. The summed E-state index contributed by atoms with van der Waals surface area (Å²) in [4.78, 5) is 0.392. The van der Waals surface area contributed by atoms with Crippen molar-refractivity contribution >= 4 is 25.8 Å². The standard InChI is InChI=1S/C11H15BrO2S/c1-3-4-11(12)15(13,14)10-7-5-9(2)6-8-10/h5-8,11H,3-4H2,1-2H3. The number of hydrogen-bond acceptors (Lipinski definition) is 2. The number of rotatable bonds is 4. The molecule has 0 fully saturated rings. The Balaban J connectivity index is 3.01. The number of hydrogen-bond donors (Lipinski definition) is 0. The molecule has 4 heteroatoms. The van der Waals surface area contributed by atoms with Crippen LogP contribution in [0.25, 0.3) is 0 Å². The average Bonchev–Trinajstić information content (AvgIpc) is 2.18. The first-order chi connectivity index (χ1) is 6.98. The van der Waals surface area contributed by atoms with Gasteiger partial charge < -0.3 is 0 Å². The van der Waals surface area contributed by atoms with Crippen LogP contribution in [0.4, 0.5) is 0 Å². The highest BCUT2D eigenvalue weighted by molar-refractivity contribution is 9.11. The highest BCUT2D eigenvalue weighted by Gasteiger charge is 2.23. The van der Waals surface area contributed by atoms with Crippen LogP contribution in [0.2, 0.25) is 0 Å². The van der Waals surface area contributed by atoms with Crippen molar-refractivity contribution < 1.29 is 8.42 Å². The van der Waals surface area contributed by atoms with Gasteiger partial charge in [0.2, 0.25) is 0 Å². The minimum Gasteiger partial charge on any atom is -0.223 e. The van der Waals surface area contributed by atoms with Crippen molar-refractivity contribution in [3.63, 3.8) is 0 Å². The van der Waals surface area contributed by atoms with E-state index >= 15 is 0 Å². The van der Waals surface area contributed by atoms with Crippen molar-refractivity contribution in [2.24, 2.45) is 0 Å². The molecular formula is C11H15BrO2S. The molecule has 84 valence electrons. The molecule has 0 aromatic heterocycles. The Bertz CT molecular complexity index is 409. The topological polar surface area (TPSA) is 34.1 Å². The van der Waals surface area contributed by atoms with Gasteiger partial charge in [0.15, 0.2) is 9.84 Å². The third-order valence-corrected chi connectivity index (χ3v) is 5.97. The first-order valence-electron chi connectivity index (χ1n) is 4.93. The van der Waals surface area contributed by atoms with Crippen LogP contribution >= 0.6 is 15.9 Å². The number of alkyl halides is 1. The van der Waals surface area contributed by atoms with Gasteiger partial charge in [-0.05, 0) is 25.5 Å². The van der Waals surface area contributed by atoms with Gasteiger partial charge in [0, 0.05) is 0 Å². The number of halogens is 1. The highest BCUT2D eigenvalue weighted by atomic mass is 79.9. The van der Waals surface area contributed by atoms with Crippen LogP contribution in [0.5, 0.6) is 0 Å². The molecule has 0 aliphatic rings. The lowest BCUT2D eigenvalue weighted by Crippen LogP contribution is -2.14. The van der Waals surface area contributed by atoms with Gasteiger partial charge in [0.1, 0.15) is 4.16 Å². The fraction of sp³-hybridized carbons (Fsp3) is 0.455. The summed E-state index contributed by atoms with van der Waals surface area (Å²) >= 11 is 3.23. The molecule has 0 heterocycles. The van der Waals surface area contributed by atoms with Crippen molar-refractivity contribution in [1.82, 2.24) is 0 Å². The fourth-order valence-electron chi connectivity index (χ4n) is 1.26. The van der Waals surface area contributed by atoms with Gasteiger partial charge in [0.25, 0.3) is 0 Å². The van der Waals surface area contributed by atoms with Gasteiger partial charge in [-0.2, -0.15) is 0 Å². The Morgan fingerprint density at radius 3 is 2.27 bits per heavy atom. The lowest BCUT2D eigenvalue weighted by Gasteiger charge is -2.10. The van der Waals surface area contributed by atoms with E-state index in [1.54, 1.807) is 12.1 Å².